The molecule has 0 aromatic carbocycles. The van der Waals surface area contributed by atoms with Gasteiger partial charge in [0.1, 0.15) is 11.4 Å². The number of aromatic nitrogens is 3. The first kappa shape index (κ1) is 10.9. The molecule has 0 atom stereocenters. The van der Waals surface area contributed by atoms with Gasteiger partial charge >= 0.3 is 5.97 Å². The van der Waals surface area contributed by atoms with E-state index in [0.29, 0.717) is 5.03 Å². The van der Waals surface area contributed by atoms with Gasteiger partial charge in [-0.3, -0.25) is 4.79 Å². The molecule has 2 aromatic heterocycles. The molecule has 0 amide bonds. The van der Waals surface area contributed by atoms with E-state index in [1.807, 2.05) is 24.6 Å². The summed E-state index contributed by atoms with van der Waals surface area (Å²) in [5, 5.41) is 9.36. The van der Waals surface area contributed by atoms with Crippen molar-refractivity contribution in [3.8, 4) is 0 Å². The van der Waals surface area contributed by atoms with Crippen LogP contribution < -0.4 is 0 Å². The van der Waals surface area contributed by atoms with Gasteiger partial charge in [-0.2, -0.15) is 0 Å². The Bertz CT molecular complexity index is 550. The SMILES string of the molecule is Cc1cc2ncnc(SCC(=O)O)c2n1C. The maximum Gasteiger partial charge on any atom is 0.313 e. The zero-order valence-corrected chi connectivity index (χ0v) is 9.78. The summed E-state index contributed by atoms with van der Waals surface area (Å²) in [6.07, 6.45) is 1.46. The Labute approximate surface area is 96.5 Å². The van der Waals surface area contributed by atoms with Crippen LogP contribution in [-0.4, -0.2) is 31.4 Å². The van der Waals surface area contributed by atoms with Gasteiger partial charge in [0, 0.05) is 12.7 Å². The predicted molar refractivity (Wildman–Crippen MR) is 61.6 cm³/mol. The molecule has 2 rings (SSSR count). The van der Waals surface area contributed by atoms with Crippen LogP contribution in [0.4, 0.5) is 0 Å². The molecule has 84 valence electrons. The second kappa shape index (κ2) is 4.13. The number of thioether (sulfide) groups is 1. The molecule has 0 radical (unpaired) electrons. The maximum atomic E-state index is 10.5. The minimum Gasteiger partial charge on any atom is -0.481 e. The summed E-state index contributed by atoms with van der Waals surface area (Å²) in [4.78, 5) is 18.8. The van der Waals surface area contributed by atoms with Gasteiger partial charge in [-0.25, -0.2) is 9.97 Å². The van der Waals surface area contributed by atoms with Crippen LogP contribution in [0.15, 0.2) is 17.4 Å². The number of hydrogen-bond donors (Lipinski definition) is 1. The largest absolute Gasteiger partial charge is 0.481 e. The molecule has 1 N–H and O–H groups in total. The van der Waals surface area contributed by atoms with E-state index in [4.69, 9.17) is 5.11 Å². The molecule has 6 heteroatoms. The lowest BCUT2D eigenvalue weighted by Gasteiger charge is -2.03. The smallest absolute Gasteiger partial charge is 0.313 e. The van der Waals surface area contributed by atoms with Gasteiger partial charge in [-0.05, 0) is 13.0 Å². The summed E-state index contributed by atoms with van der Waals surface area (Å²) in [6, 6.07) is 1.96. The molecule has 0 aliphatic rings. The topological polar surface area (TPSA) is 68.0 Å². The number of aliphatic carboxylic acids is 1. The number of hydrogen-bond acceptors (Lipinski definition) is 4. The summed E-state index contributed by atoms with van der Waals surface area (Å²) < 4.78 is 1.97. The summed E-state index contributed by atoms with van der Waals surface area (Å²) in [5.74, 6) is -0.834. The minimum absolute atomic E-state index is 0.0103. The van der Waals surface area contributed by atoms with Crippen LogP contribution in [0.1, 0.15) is 5.69 Å². The lowest BCUT2D eigenvalue weighted by Crippen LogP contribution is -2.00. The van der Waals surface area contributed by atoms with Crippen LogP contribution >= 0.6 is 11.8 Å². The highest BCUT2D eigenvalue weighted by molar-refractivity contribution is 8.00. The molecule has 0 spiro atoms. The van der Waals surface area contributed by atoms with E-state index >= 15 is 0 Å². The lowest BCUT2D eigenvalue weighted by molar-refractivity contribution is -0.133. The Balaban J connectivity index is 2.48. The molecule has 0 aliphatic carbocycles. The number of carboxylic acids is 1. The zero-order chi connectivity index (χ0) is 11.7. The van der Waals surface area contributed by atoms with E-state index in [1.54, 1.807) is 0 Å². The van der Waals surface area contributed by atoms with E-state index in [9.17, 15) is 4.79 Å². The molecule has 5 nitrogen and oxygen atoms in total. The van der Waals surface area contributed by atoms with Crippen molar-refractivity contribution >= 4 is 28.8 Å². The van der Waals surface area contributed by atoms with E-state index < -0.39 is 5.97 Å². The molecule has 0 aliphatic heterocycles. The zero-order valence-electron chi connectivity index (χ0n) is 8.97. The summed E-state index contributed by atoms with van der Waals surface area (Å²) in [5.41, 5.74) is 2.82. The maximum absolute atomic E-state index is 10.5. The first-order chi connectivity index (χ1) is 7.59. The number of carboxylic acid groups (broad SMARTS) is 1. The van der Waals surface area contributed by atoms with Gasteiger partial charge in [-0.1, -0.05) is 11.8 Å². The number of aryl methyl sites for hydroxylation is 2. The van der Waals surface area contributed by atoms with Crippen LogP contribution in [0.3, 0.4) is 0 Å². The van der Waals surface area contributed by atoms with Gasteiger partial charge in [0.2, 0.25) is 0 Å². The molecule has 0 unspecified atom stereocenters. The minimum atomic E-state index is -0.845. The third kappa shape index (κ3) is 1.88. The molecule has 0 fully saturated rings. The van der Waals surface area contributed by atoms with Crippen molar-refractivity contribution in [2.45, 2.75) is 11.9 Å². The second-order valence-electron chi connectivity index (χ2n) is 3.44. The van der Waals surface area contributed by atoms with E-state index in [1.165, 1.54) is 18.1 Å². The second-order valence-corrected chi connectivity index (χ2v) is 4.40. The Morgan fingerprint density at radius 3 is 3.00 bits per heavy atom. The van der Waals surface area contributed by atoms with Crippen LogP contribution in [0.2, 0.25) is 0 Å². The van der Waals surface area contributed by atoms with Crippen molar-refractivity contribution in [3.05, 3.63) is 18.1 Å². The van der Waals surface area contributed by atoms with Crippen molar-refractivity contribution in [2.24, 2.45) is 7.05 Å². The third-order valence-electron chi connectivity index (χ3n) is 2.36. The third-order valence-corrected chi connectivity index (χ3v) is 3.32. The predicted octanol–water partition coefficient (Wildman–Crippen LogP) is 1.45. The lowest BCUT2D eigenvalue weighted by atomic mass is 10.4. The average molecular weight is 237 g/mol. The molecule has 0 saturated heterocycles. The van der Waals surface area contributed by atoms with Crippen molar-refractivity contribution < 1.29 is 9.90 Å². The van der Waals surface area contributed by atoms with Gasteiger partial charge in [0.25, 0.3) is 0 Å². The molecule has 0 bridgehead atoms. The Kier molecular flexibility index (Phi) is 2.82. The number of fused-ring (bicyclic) bond motifs is 1. The Morgan fingerprint density at radius 2 is 2.31 bits per heavy atom. The molecular formula is C10H11N3O2S. The molecule has 0 saturated carbocycles. The van der Waals surface area contributed by atoms with Crippen molar-refractivity contribution in [2.75, 3.05) is 5.75 Å². The normalized spacial score (nSPS) is 10.9. The van der Waals surface area contributed by atoms with Crippen LogP contribution in [-0.2, 0) is 11.8 Å². The number of carbonyl (C=O) groups is 1. The number of nitrogens with zero attached hydrogens (tertiary/aromatic N) is 3. The van der Waals surface area contributed by atoms with E-state index in [-0.39, 0.29) is 5.75 Å². The van der Waals surface area contributed by atoms with Crippen LogP contribution in [0, 0.1) is 6.92 Å². The van der Waals surface area contributed by atoms with Crippen molar-refractivity contribution in [3.63, 3.8) is 0 Å². The van der Waals surface area contributed by atoms with E-state index in [2.05, 4.69) is 9.97 Å². The molecule has 2 aromatic rings. The summed E-state index contributed by atoms with van der Waals surface area (Å²) in [7, 11) is 1.92. The summed E-state index contributed by atoms with van der Waals surface area (Å²) >= 11 is 1.21. The Hall–Kier alpha value is -1.56. The average Bonchev–Trinajstić information content (AvgIpc) is 2.52. The van der Waals surface area contributed by atoms with Crippen LogP contribution in [0.25, 0.3) is 11.0 Å². The van der Waals surface area contributed by atoms with Crippen LogP contribution in [0.5, 0.6) is 0 Å². The molecular weight excluding hydrogens is 226 g/mol. The fourth-order valence-electron chi connectivity index (χ4n) is 1.50. The fourth-order valence-corrected chi connectivity index (χ4v) is 2.26. The number of rotatable bonds is 3. The standard InChI is InChI=1S/C10H11N3O2S/c1-6-3-7-9(13(6)2)10(12-5-11-7)16-4-8(14)15/h3,5H,4H2,1-2H3,(H,14,15). The molecule has 16 heavy (non-hydrogen) atoms. The van der Waals surface area contributed by atoms with Gasteiger partial charge in [-0.15, -0.1) is 0 Å². The van der Waals surface area contributed by atoms with Gasteiger partial charge in [0.15, 0.2) is 0 Å². The van der Waals surface area contributed by atoms with Gasteiger partial charge in [0.05, 0.1) is 16.8 Å². The van der Waals surface area contributed by atoms with Crippen molar-refractivity contribution in [1.82, 2.24) is 14.5 Å². The van der Waals surface area contributed by atoms with Gasteiger partial charge < -0.3 is 9.67 Å². The first-order valence-electron chi connectivity index (χ1n) is 4.71. The molecule has 2 heterocycles. The monoisotopic (exact) mass is 237 g/mol. The Morgan fingerprint density at radius 1 is 1.56 bits per heavy atom. The quantitative estimate of drug-likeness (QED) is 0.646. The van der Waals surface area contributed by atoms with Crippen molar-refractivity contribution in [1.29, 1.82) is 0 Å². The van der Waals surface area contributed by atoms with E-state index in [0.717, 1.165) is 16.7 Å². The first-order valence-corrected chi connectivity index (χ1v) is 5.70. The highest BCUT2D eigenvalue weighted by atomic mass is 32.2. The summed E-state index contributed by atoms with van der Waals surface area (Å²) in [6.45, 7) is 1.98. The highest BCUT2D eigenvalue weighted by Crippen LogP contribution is 2.26. The fraction of sp³-hybridized carbons (Fsp3) is 0.300. The highest BCUT2D eigenvalue weighted by Gasteiger charge is 2.11.